The van der Waals surface area contributed by atoms with Gasteiger partial charge in [-0.05, 0) is 18.6 Å². The number of unbranched alkanes of at least 4 members (excludes halogenated alkanes) is 2. The van der Waals surface area contributed by atoms with Crippen molar-refractivity contribution in [2.75, 3.05) is 11.9 Å². The molecule has 1 amide bonds. The number of hydrogen-bond donors (Lipinski definition) is 2. The molecule has 2 N–H and O–H groups in total. The fourth-order valence-electron chi connectivity index (χ4n) is 2.19. The van der Waals surface area contributed by atoms with E-state index in [-0.39, 0.29) is 23.1 Å². The molecule has 0 aliphatic rings. The van der Waals surface area contributed by atoms with Crippen LogP contribution in [0, 0.1) is 0 Å². The first-order valence-electron chi connectivity index (χ1n) is 7.95. The van der Waals surface area contributed by atoms with Crippen LogP contribution in [0.2, 0.25) is 0 Å². The molecule has 0 unspecified atom stereocenters. The van der Waals surface area contributed by atoms with Crippen molar-refractivity contribution < 1.29 is 18.0 Å². The van der Waals surface area contributed by atoms with E-state index in [4.69, 9.17) is 0 Å². The van der Waals surface area contributed by atoms with Gasteiger partial charge in [-0.15, -0.1) is 0 Å². The molecule has 1 aromatic heterocycles. The number of carbonyl (C=O) groups is 1. The van der Waals surface area contributed by atoms with Crippen LogP contribution in [-0.2, 0) is 6.18 Å². The second-order valence-corrected chi connectivity index (χ2v) is 5.42. The lowest BCUT2D eigenvalue weighted by Gasteiger charge is -2.14. The molecule has 2 aromatic rings. The Hall–Kier alpha value is -2.64. The minimum Gasteiger partial charge on any atom is -0.351 e. The molecule has 1 heterocycles. The van der Waals surface area contributed by atoms with Gasteiger partial charge in [0.15, 0.2) is 0 Å². The molecule has 2 rings (SSSR count). The molecule has 0 atom stereocenters. The molecule has 8 heteroatoms. The van der Waals surface area contributed by atoms with E-state index in [1.165, 1.54) is 24.3 Å². The Labute approximate surface area is 143 Å². The second-order valence-electron chi connectivity index (χ2n) is 5.42. The van der Waals surface area contributed by atoms with Crippen LogP contribution in [0.15, 0.2) is 36.7 Å². The van der Waals surface area contributed by atoms with E-state index in [1.54, 1.807) is 0 Å². The lowest BCUT2D eigenvalue weighted by Crippen LogP contribution is -2.25. The van der Waals surface area contributed by atoms with Gasteiger partial charge in [0, 0.05) is 12.6 Å². The number of para-hydroxylation sites is 1. The molecule has 0 aliphatic carbocycles. The zero-order chi connectivity index (χ0) is 18.3. The third-order valence-corrected chi connectivity index (χ3v) is 3.46. The third kappa shape index (κ3) is 5.44. The molecular weight excluding hydrogens is 333 g/mol. The number of nitrogens with zero attached hydrogens (tertiary/aromatic N) is 2. The van der Waals surface area contributed by atoms with Crippen molar-refractivity contribution in [1.82, 2.24) is 15.3 Å². The van der Waals surface area contributed by atoms with Crippen molar-refractivity contribution in [3.8, 4) is 0 Å². The van der Waals surface area contributed by atoms with E-state index in [0.29, 0.717) is 6.54 Å². The molecular formula is C17H19F3N4O. The van der Waals surface area contributed by atoms with Gasteiger partial charge in [0.25, 0.3) is 5.91 Å². The summed E-state index contributed by atoms with van der Waals surface area (Å²) in [6.07, 6.45) is -0.450. The summed E-state index contributed by atoms with van der Waals surface area (Å²) in [6, 6.07) is 6.39. The zero-order valence-corrected chi connectivity index (χ0v) is 13.7. The van der Waals surface area contributed by atoms with Crippen LogP contribution in [0.3, 0.4) is 0 Å². The van der Waals surface area contributed by atoms with Crippen molar-refractivity contribution in [2.45, 2.75) is 32.4 Å². The summed E-state index contributed by atoms with van der Waals surface area (Å²) >= 11 is 0. The molecule has 0 radical (unpaired) electrons. The Kier molecular flexibility index (Phi) is 6.32. The Balaban J connectivity index is 2.11. The Morgan fingerprint density at radius 3 is 2.64 bits per heavy atom. The number of hydrogen-bond acceptors (Lipinski definition) is 4. The van der Waals surface area contributed by atoms with Crippen LogP contribution in [0.1, 0.15) is 42.2 Å². The monoisotopic (exact) mass is 352 g/mol. The SMILES string of the molecule is CCCCCNC(=O)c1cc(Nc2ccccc2C(F)(F)F)ncn1. The zero-order valence-electron chi connectivity index (χ0n) is 13.7. The topological polar surface area (TPSA) is 66.9 Å². The first-order chi connectivity index (χ1) is 11.9. The van der Waals surface area contributed by atoms with Gasteiger partial charge in [0.05, 0.1) is 11.3 Å². The standard InChI is InChI=1S/C17H19F3N4O/c1-2-3-6-9-21-16(25)14-10-15(23-11-22-14)24-13-8-5-4-7-12(13)17(18,19)20/h4-5,7-8,10-11H,2-3,6,9H2,1H3,(H,21,25)(H,22,23,24). The highest BCUT2D eigenvalue weighted by Gasteiger charge is 2.33. The van der Waals surface area contributed by atoms with Crippen LogP contribution < -0.4 is 10.6 Å². The average molecular weight is 352 g/mol. The van der Waals surface area contributed by atoms with Crippen molar-refractivity contribution in [3.63, 3.8) is 0 Å². The number of alkyl halides is 3. The minimum atomic E-state index is -4.49. The van der Waals surface area contributed by atoms with Crippen LogP contribution in [0.4, 0.5) is 24.7 Å². The third-order valence-electron chi connectivity index (χ3n) is 3.46. The second kappa shape index (κ2) is 8.46. The van der Waals surface area contributed by atoms with Gasteiger partial charge in [-0.25, -0.2) is 9.97 Å². The van der Waals surface area contributed by atoms with Crippen LogP contribution in [-0.4, -0.2) is 22.4 Å². The molecule has 0 aliphatic heterocycles. The number of aromatic nitrogens is 2. The first-order valence-corrected chi connectivity index (χ1v) is 7.95. The Bertz CT molecular complexity index is 719. The fourth-order valence-corrected chi connectivity index (χ4v) is 2.19. The summed E-state index contributed by atoms with van der Waals surface area (Å²) in [7, 11) is 0. The summed E-state index contributed by atoms with van der Waals surface area (Å²) < 4.78 is 39.1. The fraction of sp³-hybridized carbons (Fsp3) is 0.353. The number of amides is 1. The lowest BCUT2D eigenvalue weighted by molar-refractivity contribution is -0.136. The van der Waals surface area contributed by atoms with Gasteiger partial charge in [-0.3, -0.25) is 4.79 Å². The van der Waals surface area contributed by atoms with E-state index < -0.39 is 11.7 Å². The molecule has 0 fully saturated rings. The molecule has 0 saturated carbocycles. The van der Waals surface area contributed by atoms with Gasteiger partial charge in [0.1, 0.15) is 17.8 Å². The summed E-state index contributed by atoms with van der Waals surface area (Å²) in [4.78, 5) is 19.8. The summed E-state index contributed by atoms with van der Waals surface area (Å²) in [6.45, 7) is 2.58. The molecule has 1 aromatic carbocycles. The molecule has 5 nitrogen and oxygen atoms in total. The highest BCUT2D eigenvalue weighted by Crippen LogP contribution is 2.35. The number of benzene rings is 1. The van der Waals surface area contributed by atoms with E-state index in [9.17, 15) is 18.0 Å². The number of carbonyl (C=O) groups excluding carboxylic acids is 1. The van der Waals surface area contributed by atoms with Gasteiger partial charge >= 0.3 is 6.18 Å². The van der Waals surface area contributed by atoms with E-state index in [2.05, 4.69) is 27.5 Å². The van der Waals surface area contributed by atoms with Gasteiger partial charge in [-0.1, -0.05) is 31.9 Å². The maximum Gasteiger partial charge on any atom is 0.418 e. The maximum absolute atomic E-state index is 13.0. The van der Waals surface area contributed by atoms with Crippen LogP contribution >= 0.6 is 0 Å². The molecule has 25 heavy (non-hydrogen) atoms. The molecule has 0 spiro atoms. The van der Waals surface area contributed by atoms with Crippen molar-refractivity contribution in [1.29, 1.82) is 0 Å². The predicted octanol–water partition coefficient (Wildman–Crippen LogP) is 4.16. The van der Waals surface area contributed by atoms with Crippen molar-refractivity contribution in [3.05, 3.63) is 47.9 Å². The maximum atomic E-state index is 13.0. The predicted molar refractivity (Wildman–Crippen MR) is 88.6 cm³/mol. The van der Waals surface area contributed by atoms with Gasteiger partial charge in [0.2, 0.25) is 0 Å². The first kappa shape index (κ1) is 18.7. The van der Waals surface area contributed by atoms with E-state index in [0.717, 1.165) is 31.7 Å². The minimum absolute atomic E-state index is 0.0958. The highest BCUT2D eigenvalue weighted by atomic mass is 19.4. The highest BCUT2D eigenvalue weighted by molar-refractivity contribution is 5.92. The average Bonchev–Trinajstić information content (AvgIpc) is 2.58. The molecule has 0 bridgehead atoms. The van der Waals surface area contributed by atoms with E-state index >= 15 is 0 Å². The quantitative estimate of drug-likeness (QED) is 0.735. The van der Waals surface area contributed by atoms with Gasteiger partial charge in [-0.2, -0.15) is 13.2 Å². The van der Waals surface area contributed by atoms with Crippen LogP contribution in [0.25, 0.3) is 0 Å². The van der Waals surface area contributed by atoms with Crippen molar-refractivity contribution >= 4 is 17.4 Å². The van der Waals surface area contributed by atoms with E-state index in [1.807, 2.05) is 0 Å². The molecule has 134 valence electrons. The Morgan fingerprint density at radius 2 is 1.92 bits per heavy atom. The summed E-state index contributed by atoms with van der Waals surface area (Å²) in [5.41, 5.74) is -0.847. The number of rotatable bonds is 7. The normalized spacial score (nSPS) is 11.2. The smallest absolute Gasteiger partial charge is 0.351 e. The Morgan fingerprint density at radius 1 is 1.16 bits per heavy atom. The van der Waals surface area contributed by atoms with Crippen LogP contribution in [0.5, 0.6) is 0 Å². The number of halogens is 3. The number of nitrogens with one attached hydrogen (secondary N) is 2. The van der Waals surface area contributed by atoms with Gasteiger partial charge < -0.3 is 10.6 Å². The lowest BCUT2D eigenvalue weighted by atomic mass is 10.1. The summed E-state index contributed by atoms with van der Waals surface area (Å²) in [5, 5.41) is 5.32. The largest absolute Gasteiger partial charge is 0.418 e. The molecule has 0 saturated heterocycles. The number of anilines is 2. The summed E-state index contributed by atoms with van der Waals surface area (Å²) in [5.74, 6) is -0.268. The van der Waals surface area contributed by atoms with Crippen molar-refractivity contribution in [2.24, 2.45) is 0 Å².